The van der Waals surface area contributed by atoms with Crippen molar-refractivity contribution in [1.29, 1.82) is 0 Å². The summed E-state index contributed by atoms with van der Waals surface area (Å²) in [5.41, 5.74) is 11.8. The number of nitrogens with zero attached hydrogens (tertiary/aromatic N) is 3. The van der Waals surface area contributed by atoms with Crippen molar-refractivity contribution in [3.63, 3.8) is 0 Å². The molecule has 0 N–H and O–H groups in total. The fourth-order valence-corrected chi connectivity index (χ4v) is 6.95. The third-order valence-corrected chi connectivity index (χ3v) is 9.39. The molecule has 0 spiro atoms. The molecule has 0 aliphatic heterocycles. The van der Waals surface area contributed by atoms with Crippen LogP contribution >= 0.6 is 0 Å². The van der Waals surface area contributed by atoms with Crippen LogP contribution in [0.25, 0.3) is 88.8 Å². The minimum absolute atomic E-state index is 0.695. The molecule has 0 saturated heterocycles. The molecule has 0 radical (unpaired) electrons. The van der Waals surface area contributed by atoms with Crippen LogP contribution in [0.1, 0.15) is 0 Å². The molecule has 0 amide bonds. The molecule has 3 nitrogen and oxygen atoms in total. The summed E-state index contributed by atoms with van der Waals surface area (Å²) in [6.45, 7) is 0. The largest absolute Gasteiger partial charge is 0.264 e. The summed E-state index contributed by atoms with van der Waals surface area (Å²) in [4.78, 5) is 14.8. The van der Waals surface area contributed by atoms with E-state index in [1.807, 2.05) is 24.5 Å². The molecule has 2 aromatic heterocycles. The van der Waals surface area contributed by atoms with Crippen molar-refractivity contribution >= 4 is 21.5 Å². The van der Waals surface area contributed by atoms with E-state index in [1.54, 1.807) is 0 Å². The molecule has 2 heterocycles. The van der Waals surface area contributed by atoms with Crippen molar-refractivity contribution in [2.75, 3.05) is 0 Å². The second-order valence-corrected chi connectivity index (χ2v) is 12.5. The van der Waals surface area contributed by atoms with Crippen molar-refractivity contribution in [2.45, 2.75) is 0 Å². The van der Waals surface area contributed by atoms with Crippen molar-refractivity contribution in [3.05, 3.63) is 188 Å². The predicted octanol–water partition coefficient (Wildman–Crippen LogP) is 12.2. The van der Waals surface area contributed by atoms with Gasteiger partial charge in [0.15, 0.2) is 5.82 Å². The van der Waals surface area contributed by atoms with Gasteiger partial charge in [0.05, 0.1) is 11.4 Å². The van der Waals surface area contributed by atoms with Gasteiger partial charge in [-0.1, -0.05) is 152 Å². The Labute approximate surface area is 291 Å². The van der Waals surface area contributed by atoms with E-state index in [-0.39, 0.29) is 0 Å². The maximum absolute atomic E-state index is 5.28. The van der Waals surface area contributed by atoms with Crippen LogP contribution in [0.4, 0.5) is 0 Å². The highest BCUT2D eigenvalue weighted by Gasteiger charge is 2.16. The lowest BCUT2D eigenvalue weighted by Gasteiger charge is -2.15. The van der Waals surface area contributed by atoms with Crippen LogP contribution in [0.3, 0.4) is 0 Å². The zero-order valence-corrected chi connectivity index (χ0v) is 27.2. The average molecular weight is 638 g/mol. The number of fused-ring (bicyclic) bond motifs is 2. The van der Waals surface area contributed by atoms with Gasteiger partial charge < -0.3 is 0 Å². The van der Waals surface area contributed by atoms with E-state index in [1.165, 1.54) is 27.3 Å². The standard InChI is InChI=1S/C47H31N3/c1-2-13-33(14-3-1)45-30-46(50-47(49-45)37-19-9-18-36(29-37)40-24-10-15-32-12-4-5-21-39(32)40)44-26-25-41(42-22-6-7-23-43(42)44)35-17-8-16-34(28-35)38-20-11-27-48-31-38/h1-31H. The molecule has 3 heteroatoms. The number of hydrogen-bond acceptors (Lipinski definition) is 3. The third kappa shape index (κ3) is 5.51. The molecule has 0 aliphatic carbocycles. The lowest BCUT2D eigenvalue weighted by Crippen LogP contribution is -1.97. The predicted molar refractivity (Wildman–Crippen MR) is 207 cm³/mol. The van der Waals surface area contributed by atoms with Gasteiger partial charge in [0, 0.05) is 34.6 Å². The smallest absolute Gasteiger partial charge is 0.160 e. The summed E-state index contributed by atoms with van der Waals surface area (Å²) in [5.74, 6) is 0.695. The Morgan fingerprint density at radius 3 is 1.68 bits per heavy atom. The third-order valence-electron chi connectivity index (χ3n) is 9.39. The quantitative estimate of drug-likeness (QED) is 0.182. The monoisotopic (exact) mass is 637 g/mol. The maximum atomic E-state index is 5.28. The van der Waals surface area contributed by atoms with Gasteiger partial charge in [-0.3, -0.25) is 4.98 Å². The Bertz CT molecular complexity index is 2640. The highest BCUT2D eigenvalue weighted by molar-refractivity contribution is 6.05. The van der Waals surface area contributed by atoms with Crippen LogP contribution in [0, 0.1) is 0 Å². The molecule has 0 saturated carbocycles. The van der Waals surface area contributed by atoms with Gasteiger partial charge in [-0.25, -0.2) is 9.97 Å². The van der Waals surface area contributed by atoms with Crippen molar-refractivity contribution in [3.8, 4) is 67.3 Å². The summed E-state index contributed by atoms with van der Waals surface area (Å²) >= 11 is 0. The minimum Gasteiger partial charge on any atom is -0.264 e. The molecule has 0 unspecified atom stereocenters. The summed E-state index contributed by atoms with van der Waals surface area (Å²) < 4.78 is 0. The summed E-state index contributed by atoms with van der Waals surface area (Å²) in [7, 11) is 0. The molecule has 9 rings (SSSR count). The zero-order valence-electron chi connectivity index (χ0n) is 27.2. The van der Waals surface area contributed by atoms with Crippen LogP contribution in [-0.4, -0.2) is 15.0 Å². The van der Waals surface area contributed by atoms with Crippen LogP contribution in [0.2, 0.25) is 0 Å². The van der Waals surface area contributed by atoms with E-state index >= 15 is 0 Å². The number of hydrogen-bond donors (Lipinski definition) is 0. The van der Waals surface area contributed by atoms with Crippen LogP contribution in [-0.2, 0) is 0 Å². The lowest BCUT2D eigenvalue weighted by molar-refractivity contribution is 1.18. The maximum Gasteiger partial charge on any atom is 0.160 e. The van der Waals surface area contributed by atoms with E-state index in [0.717, 1.165) is 55.7 Å². The van der Waals surface area contributed by atoms with Crippen molar-refractivity contribution in [2.24, 2.45) is 0 Å². The molecule has 9 aromatic rings. The first-order chi connectivity index (χ1) is 24.8. The highest BCUT2D eigenvalue weighted by Crippen LogP contribution is 2.38. The Morgan fingerprint density at radius 1 is 0.320 bits per heavy atom. The van der Waals surface area contributed by atoms with Crippen LogP contribution < -0.4 is 0 Å². The Balaban J connectivity index is 1.20. The Hall–Kier alpha value is -6.71. The van der Waals surface area contributed by atoms with Gasteiger partial charge >= 0.3 is 0 Å². The van der Waals surface area contributed by atoms with Crippen LogP contribution in [0.5, 0.6) is 0 Å². The number of aromatic nitrogens is 3. The molecule has 0 atom stereocenters. The topological polar surface area (TPSA) is 38.7 Å². The van der Waals surface area contributed by atoms with Crippen molar-refractivity contribution < 1.29 is 0 Å². The summed E-state index contributed by atoms with van der Waals surface area (Å²) in [5, 5.41) is 4.76. The molecule has 0 fully saturated rings. The van der Waals surface area contributed by atoms with E-state index in [4.69, 9.17) is 9.97 Å². The van der Waals surface area contributed by atoms with Gasteiger partial charge in [-0.05, 0) is 73.6 Å². The fourth-order valence-electron chi connectivity index (χ4n) is 6.95. The van der Waals surface area contributed by atoms with Gasteiger partial charge in [0.25, 0.3) is 0 Å². The van der Waals surface area contributed by atoms with E-state index < -0.39 is 0 Å². The first-order valence-electron chi connectivity index (χ1n) is 16.8. The minimum atomic E-state index is 0.695. The highest BCUT2D eigenvalue weighted by atomic mass is 14.9. The first kappa shape index (κ1) is 29.4. The SMILES string of the molecule is c1ccc(-c2cc(-c3ccc(-c4cccc(-c5cccnc5)c4)c4ccccc34)nc(-c3cccc(-c4cccc5ccccc45)c3)n2)cc1. The van der Waals surface area contributed by atoms with E-state index in [0.29, 0.717) is 5.82 Å². The normalized spacial score (nSPS) is 11.2. The summed E-state index contributed by atoms with van der Waals surface area (Å²) in [6.07, 6.45) is 3.72. The van der Waals surface area contributed by atoms with Gasteiger partial charge in [0.2, 0.25) is 0 Å². The Morgan fingerprint density at radius 2 is 0.880 bits per heavy atom. The first-order valence-corrected chi connectivity index (χ1v) is 16.8. The molecular formula is C47H31N3. The molecule has 0 aliphatic rings. The van der Waals surface area contributed by atoms with Crippen LogP contribution in [0.15, 0.2) is 188 Å². The number of pyridine rings is 1. The van der Waals surface area contributed by atoms with Gasteiger partial charge in [-0.2, -0.15) is 0 Å². The summed E-state index contributed by atoms with van der Waals surface area (Å²) in [6, 6.07) is 61.9. The second kappa shape index (κ2) is 12.7. The molecule has 0 bridgehead atoms. The number of benzene rings is 7. The van der Waals surface area contributed by atoms with E-state index in [2.05, 4.69) is 169 Å². The molecule has 7 aromatic carbocycles. The molecule has 50 heavy (non-hydrogen) atoms. The zero-order chi connectivity index (χ0) is 33.3. The average Bonchev–Trinajstić information content (AvgIpc) is 3.21. The van der Waals surface area contributed by atoms with E-state index in [9.17, 15) is 0 Å². The lowest BCUT2D eigenvalue weighted by atomic mass is 9.92. The molecular weight excluding hydrogens is 607 g/mol. The van der Waals surface area contributed by atoms with Gasteiger partial charge in [0.1, 0.15) is 0 Å². The number of rotatable bonds is 6. The van der Waals surface area contributed by atoms with Gasteiger partial charge in [-0.15, -0.1) is 0 Å². The Kier molecular flexibility index (Phi) is 7.49. The van der Waals surface area contributed by atoms with Crippen molar-refractivity contribution in [1.82, 2.24) is 15.0 Å². The second-order valence-electron chi connectivity index (χ2n) is 12.5. The molecule has 234 valence electrons. The fraction of sp³-hybridized carbons (Fsp3) is 0.